The molecule has 0 aliphatic carbocycles. The van der Waals surface area contributed by atoms with Crippen molar-refractivity contribution in [2.45, 2.75) is 38.4 Å². The third-order valence-corrected chi connectivity index (χ3v) is 9.76. The maximum absolute atomic E-state index is 13.6. The minimum absolute atomic E-state index is 0.0397. The number of H-pyrrole nitrogens is 1. The summed E-state index contributed by atoms with van der Waals surface area (Å²) in [5.41, 5.74) is 4.23. The first-order valence-electron chi connectivity index (χ1n) is 16.0. The fourth-order valence-electron chi connectivity index (χ4n) is 6.36. The first kappa shape index (κ1) is 33.1. The number of nitrogens with one attached hydrogen (secondary N) is 1. The summed E-state index contributed by atoms with van der Waals surface area (Å²) in [4.78, 5) is 38.2. The standard InChI is InChI=1S/C36H41N5O6S/c1-44-27-11-10-25(32(20-27)46-3)21-39(16-13-24-9-12-31(45-2)33(19-24)47-4)22-34-37-29(23-48-34)35(42)40-17-14-26(15-18-40)41-30-8-6-5-7-28(30)38-36(41)43/h5-12,19-20,23,26H,13-18,21-22H2,1-4H3,(H,38,43). The number of nitrogens with zero attached hydrogens (tertiary/aromatic N) is 4. The molecule has 0 saturated carbocycles. The number of amides is 1. The number of hydrogen-bond donors (Lipinski definition) is 1. The molecule has 0 radical (unpaired) electrons. The van der Waals surface area contributed by atoms with Crippen molar-refractivity contribution in [3.8, 4) is 23.0 Å². The highest BCUT2D eigenvalue weighted by molar-refractivity contribution is 7.09. The molecule has 1 aliphatic rings. The zero-order valence-corrected chi connectivity index (χ0v) is 28.5. The molecule has 5 aromatic rings. The van der Waals surface area contributed by atoms with E-state index in [1.807, 2.05) is 75.5 Å². The fraction of sp³-hybridized carbons (Fsp3) is 0.361. The number of aromatic amines is 1. The van der Waals surface area contributed by atoms with Crippen molar-refractivity contribution in [2.75, 3.05) is 48.1 Å². The Labute approximate surface area is 283 Å². The van der Waals surface area contributed by atoms with Crippen molar-refractivity contribution >= 4 is 28.3 Å². The van der Waals surface area contributed by atoms with Gasteiger partial charge in [0, 0.05) is 49.2 Å². The number of carbonyl (C=O) groups is 1. The molecular formula is C36H41N5O6S. The zero-order chi connectivity index (χ0) is 33.6. The molecule has 0 atom stereocenters. The third-order valence-electron chi connectivity index (χ3n) is 8.92. The molecule has 252 valence electrons. The Bertz CT molecular complexity index is 1930. The van der Waals surface area contributed by atoms with Gasteiger partial charge in [-0.1, -0.05) is 24.3 Å². The second-order valence-electron chi connectivity index (χ2n) is 11.8. The number of thiazole rings is 1. The van der Waals surface area contributed by atoms with Crippen LogP contribution in [0.25, 0.3) is 11.0 Å². The quantitative estimate of drug-likeness (QED) is 0.174. The van der Waals surface area contributed by atoms with E-state index in [2.05, 4.69) is 9.88 Å². The van der Waals surface area contributed by atoms with Gasteiger partial charge in [-0.15, -0.1) is 11.3 Å². The van der Waals surface area contributed by atoms with Gasteiger partial charge in [-0.3, -0.25) is 14.3 Å². The zero-order valence-electron chi connectivity index (χ0n) is 27.7. The lowest BCUT2D eigenvalue weighted by molar-refractivity contribution is 0.0689. The summed E-state index contributed by atoms with van der Waals surface area (Å²) < 4.78 is 23.9. The first-order valence-corrected chi connectivity index (χ1v) is 16.9. The Hall–Kier alpha value is -4.81. The Morgan fingerprint density at radius 2 is 1.69 bits per heavy atom. The van der Waals surface area contributed by atoms with Crippen molar-refractivity contribution in [2.24, 2.45) is 0 Å². The lowest BCUT2D eigenvalue weighted by Gasteiger charge is -2.32. The molecule has 6 rings (SSSR count). The van der Waals surface area contributed by atoms with Gasteiger partial charge in [-0.05, 0) is 55.2 Å². The topological polar surface area (TPSA) is 111 Å². The van der Waals surface area contributed by atoms with Crippen LogP contribution in [-0.2, 0) is 19.5 Å². The summed E-state index contributed by atoms with van der Waals surface area (Å²) in [5.74, 6) is 2.79. The third kappa shape index (κ3) is 7.19. The number of benzene rings is 3. The van der Waals surface area contributed by atoms with Crippen LogP contribution in [0.15, 0.2) is 70.8 Å². The molecule has 1 saturated heterocycles. The molecule has 1 aliphatic heterocycles. The highest BCUT2D eigenvalue weighted by Crippen LogP contribution is 2.30. The minimum Gasteiger partial charge on any atom is -0.497 e. The van der Waals surface area contributed by atoms with Crippen LogP contribution in [0.3, 0.4) is 0 Å². The van der Waals surface area contributed by atoms with E-state index in [0.29, 0.717) is 56.2 Å². The largest absolute Gasteiger partial charge is 0.497 e. The molecule has 12 heteroatoms. The number of imidazole rings is 1. The van der Waals surface area contributed by atoms with Gasteiger partial charge in [0.1, 0.15) is 22.2 Å². The van der Waals surface area contributed by atoms with Gasteiger partial charge < -0.3 is 28.8 Å². The normalized spacial score (nSPS) is 13.6. The Morgan fingerprint density at radius 3 is 2.44 bits per heavy atom. The molecule has 3 heterocycles. The molecule has 3 aromatic carbocycles. The van der Waals surface area contributed by atoms with E-state index >= 15 is 0 Å². The van der Waals surface area contributed by atoms with E-state index in [1.54, 1.807) is 28.4 Å². The molecule has 0 unspecified atom stereocenters. The monoisotopic (exact) mass is 671 g/mol. The number of fused-ring (bicyclic) bond motifs is 1. The Morgan fingerprint density at radius 1 is 0.917 bits per heavy atom. The second-order valence-corrected chi connectivity index (χ2v) is 12.7. The molecule has 0 bridgehead atoms. The number of rotatable bonds is 13. The number of aromatic nitrogens is 3. The van der Waals surface area contributed by atoms with Crippen LogP contribution in [-0.4, -0.2) is 78.3 Å². The molecule has 1 N–H and O–H groups in total. The van der Waals surface area contributed by atoms with Gasteiger partial charge in [0.2, 0.25) is 0 Å². The maximum atomic E-state index is 13.6. The van der Waals surface area contributed by atoms with Crippen molar-refractivity contribution in [3.05, 3.63) is 98.4 Å². The van der Waals surface area contributed by atoms with Crippen LogP contribution in [0.2, 0.25) is 0 Å². The average molecular weight is 672 g/mol. The lowest BCUT2D eigenvalue weighted by atomic mass is 10.0. The van der Waals surface area contributed by atoms with E-state index in [0.717, 1.165) is 51.6 Å². The smallest absolute Gasteiger partial charge is 0.326 e. The van der Waals surface area contributed by atoms with Gasteiger partial charge in [0.15, 0.2) is 11.5 Å². The summed E-state index contributed by atoms with van der Waals surface area (Å²) >= 11 is 1.49. The number of ether oxygens (including phenoxy) is 4. The average Bonchev–Trinajstić information content (AvgIpc) is 3.73. The van der Waals surface area contributed by atoms with Gasteiger partial charge >= 0.3 is 5.69 Å². The number of piperidine rings is 1. The van der Waals surface area contributed by atoms with Gasteiger partial charge in [0.05, 0.1) is 46.0 Å². The van der Waals surface area contributed by atoms with Crippen LogP contribution in [0.5, 0.6) is 23.0 Å². The number of likely N-dealkylation sites (tertiary alicyclic amines) is 1. The van der Waals surface area contributed by atoms with Crippen LogP contribution in [0.1, 0.15) is 45.5 Å². The number of methoxy groups -OCH3 is 4. The van der Waals surface area contributed by atoms with Crippen LogP contribution in [0.4, 0.5) is 0 Å². The van der Waals surface area contributed by atoms with Crippen molar-refractivity contribution < 1.29 is 23.7 Å². The van der Waals surface area contributed by atoms with Crippen LogP contribution in [0, 0.1) is 0 Å². The molecule has 0 spiro atoms. The first-order chi connectivity index (χ1) is 23.4. The van der Waals surface area contributed by atoms with Crippen molar-refractivity contribution in [1.82, 2.24) is 24.3 Å². The summed E-state index contributed by atoms with van der Waals surface area (Å²) in [7, 11) is 6.56. The maximum Gasteiger partial charge on any atom is 0.326 e. The van der Waals surface area contributed by atoms with Gasteiger partial charge in [0.25, 0.3) is 5.91 Å². The van der Waals surface area contributed by atoms with Crippen molar-refractivity contribution in [3.63, 3.8) is 0 Å². The fourth-order valence-corrected chi connectivity index (χ4v) is 7.17. The number of carbonyl (C=O) groups excluding carboxylic acids is 1. The Balaban J connectivity index is 1.14. The summed E-state index contributed by atoms with van der Waals surface area (Å²) in [6, 6.07) is 19.6. The van der Waals surface area contributed by atoms with Crippen LogP contribution < -0.4 is 24.6 Å². The molecule has 48 heavy (non-hydrogen) atoms. The van der Waals surface area contributed by atoms with E-state index in [9.17, 15) is 9.59 Å². The van der Waals surface area contributed by atoms with E-state index in [1.165, 1.54) is 11.3 Å². The predicted octanol–water partition coefficient (Wildman–Crippen LogP) is 5.54. The van der Waals surface area contributed by atoms with E-state index in [-0.39, 0.29) is 17.6 Å². The van der Waals surface area contributed by atoms with Gasteiger partial charge in [-0.2, -0.15) is 0 Å². The molecule has 2 aromatic heterocycles. The van der Waals surface area contributed by atoms with Gasteiger partial charge in [-0.25, -0.2) is 9.78 Å². The molecule has 1 amide bonds. The molecule has 11 nitrogen and oxygen atoms in total. The van der Waals surface area contributed by atoms with Crippen molar-refractivity contribution in [1.29, 1.82) is 0 Å². The number of para-hydroxylation sites is 2. The Kier molecular flexibility index (Phi) is 10.3. The highest BCUT2D eigenvalue weighted by atomic mass is 32.1. The summed E-state index contributed by atoms with van der Waals surface area (Å²) in [5, 5.41) is 2.72. The second kappa shape index (κ2) is 15.0. The lowest BCUT2D eigenvalue weighted by Crippen LogP contribution is -2.40. The SMILES string of the molecule is COc1ccc(CN(CCc2ccc(OC)c(OC)c2)Cc2nc(C(=O)N3CCC(n4c(=O)[nH]c5ccccc54)CC3)cs2)c(OC)c1. The number of hydrogen-bond acceptors (Lipinski definition) is 9. The highest BCUT2D eigenvalue weighted by Gasteiger charge is 2.28. The minimum atomic E-state index is -0.104. The predicted molar refractivity (Wildman–Crippen MR) is 186 cm³/mol. The van der Waals surface area contributed by atoms with E-state index in [4.69, 9.17) is 23.9 Å². The summed E-state index contributed by atoms with van der Waals surface area (Å²) in [6.07, 6.45) is 2.18. The summed E-state index contributed by atoms with van der Waals surface area (Å²) in [6.45, 7) is 3.04. The van der Waals surface area contributed by atoms with Crippen LogP contribution >= 0.6 is 11.3 Å². The van der Waals surface area contributed by atoms with E-state index < -0.39 is 0 Å². The molecule has 1 fully saturated rings. The molecular weight excluding hydrogens is 630 g/mol.